The molecule has 0 spiro atoms. The second-order valence-corrected chi connectivity index (χ2v) is 4.04. The van der Waals surface area contributed by atoms with Crippen LogP contribution in [0.4, 0.5) is 0 Å². The second kappa shape index (κ2) is 4.52. The first-order valence-electron chi connectivity index (χ1n) is 5.66. The van der Waals surface area contributed by atoms with Crippen molar-refractivity contribution in [3.8, 4) is 0 Å². The summed E-state index contributed by atoms with van der Waals surface area (Å²) in [4.78, 5) is 11.6. The van der Waals surface area contributed by atoms with Gasteiger partial charge in [0.1, 0.15) is 0 Å². The molecule has 0 radical (unpaired) electrons. The molecule has 0 unspecified atom stereocenters. The molecule has 1 aromatic carbocycles. The first kappa shape index (κ1) is 10.9. The van der Waals surface area contributed by atoms with E-state index in [4.69, 9.17) is 4.74 Å². The largest absolute Gasteiger partial charge is 0.463 e. The molecule has 16 heavy (non-hydrogen) atoms. The van der Waals surface area contributed by atoms with Crippen LogP contribution in [0.5, 0.6) is 0 Å². The van der Waals surface area contributed by atoms with Crippen molar-refractivity contribution in [3.05, 3.63) is 46.5 Å². The van der Waals surface area contributed by atoms with E-state index in [1.54, 1.807) is 0 Å². The maximum Gasteiger partial charge on any atom is 0.334 e. The summed E-state index contributed by atoms with van der Waals surface area (Å²) in [6, 6.07) is 6.28. The van der Waals surface area contributed by atoms with E-state index in [0.717, 1.165) is 12.0 Å². The normalized spacial score (nSPS) is 14.0. The third kappa shape index (κ3) is 2.01. The molecular formula is C14H16O2. The topological polar surface area (TPSA) is 26.3 Å². The van der Waals surface area contributed by atoms with Gasteiger partial charge in [-0.25, -0.2) is 4.79 Å². The third-order valence-electron chi connectivity index (χ3n) is 2.98. The molecule has 0 saturated heterocycles. The van der Waals surface area contributed by atoms with Crippen LogP contribution < -0.4 is 0 Å². The second-order valence-electron chi connectivity index (χ2n) is 4.04. The van der Waals surface area contributed by atoms with Crippen molar-refractivity contribution < 1.29 is 9.53 Å². The first-order chi connectivity index (χ1) is 7.72. The van der Waals surface area contributed by atoms with Gasteiger partial charge in [0.05, 0.1) is 6.61 Å². The lowest BCUT2D eigenvalue weighted by atomic mass is 9.88. The van der Waals surface area contributed by atoms with Crippen LogP contribution in [-0.4, -0.2) is 12.6 Å². The highest BCUT2D eigenvalue weighted by Gasteiger charge is 2.18. The molecule has 1 aliphatic rings. The number of fused-ring (bicyclic) bond motifs is 1. The zero-order valence-corrected chi connectivity index (χ0v) is 9.75. The number of benzene rings is 1. The number of hydrogen-bond acceptors (Lipinski definition) is 2. The quantitative estimate of drug-likeness (QED) is 0.710. The van der Waals surface area contributed by atoms with E-state index in [2.05, 4.69) is 25.1 Å². The van der Waals surface area contributed by atoms with Crippen LogP contribution in [0.2, 0.25) is 0 Å². The third-order valence-corrected chi connectivity index (χ3v) is 2.98. The minimum Gasteiger partial charge on any atom is -0.463 e. The molecule has 2 rings (SSSR count). The van der Waals surface area contributed by atoms with Gasteiger partial charge in [-0.15, -0.1) is 0 Å². The maximum atomic E-state index is 11.6. The Morgan fingerprint density at radius 1 is 1.44 bits per heavy atom. The van der Waals surface area contributed by atoms with Gasteiger partial charge in [0.25, 0.3) is 0 Å². The van der Waals surface area contributed by atoms with Crippen LogP contribution in [0.25, 0.3) is 0 Å². The van der Waals surface area contributed by atoms with Crippen LogP contribution in [-0.2, 0) is 22.4 Å². The standard InChI is InChI=1S/C14H16O2/c1-3-16-14(15)12-8-7-11-6-4-5-10(2)13(11)9-12/h4-6,8H,3,7,9H2,1-2H3. The lowest BCUT2D eigenvalue weighted by Crippen LogP contribution is -2.14. The van der Waals surface area contributed by atoms with E-state index in [1.807, 2.05) is 13.0 Å². The van der Waals surface area contributed by atoms with Crippen molar-refractivity contribution in [2.24, 2.45) is 0 Å². The van der Waals surface area contributed by atoms with Crippen molar-refractivity contribution in [3.63, 3.8) is 0 Å². The van der Waals surface area contributed by atoms with Gasteiger partial charge in [-0.2, -0.15) is 0 Å². The van der Waals surface area contributed by atoms with E-state index in [0.29, 0.717) is 13.0 Å². The maximum absolute atomic E-state index is 11.6. The van der Waals surface area contributed by atoms with Crippen LogP contribution in [0, 0.1) is 6.92 Å². The van der Waals surface area contributed by atoms with Gasteiger partial charge in [0.15, 0.2) is 0 Å². The number of carbonyl (C=O) groups is 1. The van der Waals surface area contributed by atoms with Gasteiger partial charge >= 0.3 is 5.97 Å². The molecule has 0 atom stereocenters. The van der Waals surface area contributed by atoms with E-state index in [1.165, 1.54) is 16.7 Å². The van der Waals surface area contributed by atoms with Crippen LogP contribution in [0.3, 0.4) is 0 Å². The summed E-state index contributed by atoms with van der Waals surface area (Å²) in [7, 11) is 0. The van der Waals surface area contributed by atoms with Crippen molar-refractivity contribution in [2.45, 2.75) is 26.7 Å². The molecule has 0 aliphatic heterocycles. The number of aryl methyl sites for hydroxylation is 1. The summed E-state index contributed by atoms with van der Waals surface area (Å²) in [5.74, 6) is -0.170. The molecule has 0 aromatic heterocycles. The molecule has 1 aliphatic carbocycles. The average Bonchev–Trinajstić information content (AvgIpc) is 2.29. The fourth-order valence-corrected chi connectivity index (χ4v) is 2.08. The Morgan fingerprint density at radius 2 is 2.25 bits per heavy atom. The molecule has 0 bridgehead atoms. The SMILES string of the molecule is CCOC(=O)C1=CCc2cccc(C)c2C1. The zero-order chi connectivity index (χ0) is 11.5. The van der Waals surface area contributed by atoms with E-state index in [-0.39, 0.29) is 5.97 Å². The fourth-order valence-electron chi connectivity index (χ4n) is 2.08. The fraction of sp³-hybridized carbons (Fsp3) is 0.357. The Labute approximate surface area is 95.9 Å². The predicted molar refractivity (Wildman–Crippen MR) is 63.3 cm³/mol. The summed E-state index contributed by atoms with van der Waals surface area (Å²) in [5, 5.41) is 0. The van der Waals surface area contributed by atoms with E-state index < -0.39 is 0 Å². The molecule has 0 fully saturated rings. The highest BCUT2D eigenvalue weighted by molar-refractivity contribution is 5.89. The Kier molecular flexibility index (Phi) is 3.09. The zero-order valence-electron chi connectivity index (χ0n) is 9.75. The Hall–Kier alpha value is -1.57. The van der Waals surface area contributed by atoms with Crippen molar-refractivity contribution in [1.82, 2.24) is 0 Å². The van der Waals surface area contributed by atoms with Gasteiger partial charge in [-0.3, -0.25) is 0 Å². The van der Waals surface area contributed by atoms with Crippen molar-refractivity contribution in [2.75, 3.05) is 6.61 Å². The van der Waals surface area contributed by atoms with Crippen molar-refractivity contribution in [1.29, 1.82) is 0 Å². The Balaban J connectivity index is 2.23. The Bertz CT molecular complexity index is 444. The molecule has 1 aromatic rings. The molecule has 2 nitrogen and oxygen atoms in total. The summed E-state index contributed by atoms with van der Waals surface area (Å²) < 4.78 is 5.03. The summed E-state index contributed by atoms with van der Waals surface area (Å²) in [5.41, 5.74) is 4.66. The molecule has 0 amide bonds. The summed E-state index contributed by atoms with van der Waals surface area (Å²) >= 11 is 0. The van der Waals surface area contributed by atoms with E-state index >= 15 is 0 Å². The van der Waals surface area contributed by atoms with Gasteiger partial charge in [-0.1, -0.05) is 24.3 Å². The highest BCUT2D eigenvalue weighted by atomic mass is 16.5. The molecule has 84 valence electrons. The van der Waals surface area contributed by atoms with Gasteiger partial charge < -0.3 is 4.74 Å². The molecule has 0 N–H and O–H groups in total. The predicted octanol–water partition coefficient (Wildman–Crippen LogP) is 2.58. The molecule has 0 heterocycles. The minimum absolute atomic E-state index is 0.170. The number of hydrogen-bond donors (Lipinski definition) is 0. The Morgan fingerprint density at radius 3 is 3.00 bits per heavy atom. The number of esters is 1. The van der Waals surface area contributed by atoms with Gasteiger partial charge in [0, 0.05) is 12.0 Å². The van der Waals surface area contributed by atoms with Crippen molar-refractivity contribution >= 4 is 5.97 Å². The molecular weight excluding hydrogens is 200 g/mol. The smallest absolute Gasteiger partial charge is 0.334 e. The lowest BCUT2D eigenvalue weighted by molar-refractivity contribution is -0.138. The van der Waals surface area contributed by atoms with Gasteiger partial charge in [0.2, 0.25) is 0 Å². The molecule has 2 heteroatoms. The average molecular weight is 216 g/mol. The first-order valence-corrected chi connectivity index (χ1v) is 5.66. The number of carbonyl (C=O) groups excluding carboxylic acids is 1. The monoisotopic (exact) mass is 216 g/mol. The molecule has 0 saturated carbocycles. The lowest BCUT2D eigenvalue weighted by Gasteiger charge is -2.18. The van der Waals surface area contributed by atoms with Crippen LogP contribution in [0.1, 0.15) is 23.6 Å². The number of rotatable bonds is 2. The summed E-state index contributed by atoms with van der Waals surface area (Å²) in [6.45, 7) is 4.37. The minimum atomic E-state index is -0.170. The number of allylic oxidation sites excluding steroid dienone is 1. The highest BCUT2D eigenvalue weighted by Crippen LogP contribution is 2.24. The van der Waals surface area contributed by atoms with E-state index in [9.17, 15) is 4.79 Å². The van der Waals surface area contributed by atoms with Gasteiger partial charge in [-0.05, 0) is 37.0 Å². The number of ether oxygens (including phenoxy) is 1. The van der Waals surface area contributed by atoms with Crippen LogP contribution in [0.15, 0.2) is 29.8 Å². The summed E-state index contributed by atoms with van der Waals surface area (Å²) in [6.07, 6.45) is 3.53. The van der Waals surface area contributed by atoms with Crippen LogP contribution >= 0.6 is 0 Å².